The van der Waals surface area contributed by atoms with E-state index in [0.29, 0.717) is 0 Å². The molecule has 0 spiro atoms. The predicted molar refractivity (Wildman–Crippen MR) is 56.7 cm³/mol. The standard InChI is InChI=1S/C10H18O3S/c1-7(2)9-5-4-8(3)6-10(9)14(11,12)13/h6-7,9-10H,4-5H2,1-3H3,(H,11,12,13). The summed E-state index contributed by atoms with van der Waals surface area (Å²) in [6, 6.07) is 0. The first-order chi connectivity index (χ1) is 6.32. The number of rotatable bonds is 2. The van der Waals surface area contributed by atoms with Crippen LogP contribution in [0.2, 0.25) is 0 Å². The number of hydrogen-bond donors (Lipinski definition) is 1. The lowest BCUT2D eigenvalue weighted by atomic mass is 9.82. The third kappa shape index (κ3) is 2.58. The van der Waals surface area contributed by atoms with Crippen molar-refractivity contribution in [2.75, 3.05) is 0 Å². The van der Waals surface area contributed by atoms with Crippen LogP contribution in [-0.2, 0) is 10.1 Å². The molecule has 0 radical (unpaired) electrons. The van der Waals surface area contributed by atoms with Gasteiger partial charge in [-0.15, -0.1) is 0 Å². The van der Waals surface area contributed by atoms with Gasteiger partial charge in [-0.25, -0.2) is 0 Å². The molecule has 0 amide bonds. The van der Waals surface area contributed by atoms with Crippen molar-refractivity contribution in [3.63, 3.8) is 0 Å². The van der Waals surface area contributed by atoms with E-state index >= 15 is 0 Å². The fourth-order valence-electron chi connectivity index (χ4n) is 2.07. The monoisotopic (exact) mass is 218 g/mol. The van der Waals surface area contributed by atoms with E-state index in [1.165, 1.54) is 0 Å². The van der Waals surface area contributed by atoms with Crippen LogP contribution < -0.4 is 0 Å². The zero-order chi connectivity index (χ0) is 10.9. The summed E-state index contributed by atoms with van der Waals surface area (Å²) >= 11 is 0. The molecule has 0 bridgehead atoms. The maximum absolute atomic E-state index is 11.2. The van der Waals surface area contributed by atoms with Crippen LogP contribution in [0.3, 0.4) is 0 Å². The van der Waals surface area contributed by atoms with Crippen molar-refractivity contribution in [1.29, 1.82) is 0 Å². The quantitative estimate of drug-likeness (QED) is 0.571. The van der Waals surface area contributed by atoms with Gasteiger partial charge in [0.1, 0.15) is 5.25 Å². The second-order valence-electron chi connectivity index (χ2n) is 4.44. The van der Waals surface area contributed by atoms with Crippen LogP contribution >= 0.6 is 0 Å². The molecular weight excluding hydrogens is 200 g/mol. The first-order valence-electron chi connectivity index (χ1n) is 4.96. The summed E-state index contributed by atoms with van der Waals surface area (Å²) in [7, 11) is -3.93. The third-order valence-corrected chi connectivity index (χ3v) is 4.12. The molecule has 0 fully saturated rings. The first kappa shape index (κ1) is 11.7. The minimum Gasteiger partial charge on any atom is -0.285 e. The molecule has 0 aromatic carbocycles. The average Bonchev–Trinajstić information content (AvgIpc) is 2.01. The molecule has 1 N–H and O–H groups in total. The van der Waals surface area contributed by atoms with E-state index in [1.54, 1.807) is 6.08 Å². The van der Waals surface area contributed by atoms with E-state index in [1.807, 2.05) is 20.8 Å². The Balaban J connectivity index is 3.01. The highest BCUT2D eigenvalue weighted by molar-refractivity contribution is 7.86. The molecule has 14 heavy (non-hydrogen) atoms. The van der Waals surface area contributed by atoms with Crippen molar-refractivity contribution in [3.05, 3.63) is 11.6 Å². The molecule has 0 saturated carbocycles. The van der Waals surface area contributed by atoms with Crippen molar-refractivity contribution in [2.24, 2.45) is 11.8 Å². The van der Waals surface area contributed by atoms with Gasteiger partial charge in [0.05, 0.1) is 0 Å². The van der Waals surface area contributed by atoms with Crippen LogP contribution in [0.5, 0.6) is 0 Å². The van der Waals surface area contributed by atoms with Gasteiger partial charge in [-0.05, 0) is 31.6 Å². The molecule has 0 aromatic heterocycles. The fraction of sp³-hybridized carbons (Fsp3) is 0.800. The van der Waals surface area contributed by atoms with Crippen LogP contribution in [0.1, 0.15) is 33.6 Å². The maximum atomic E-state index is 11.2. The summed E-state index contributed by atoms with van der Waals surface area (Å²) in [5.74, 6) is 0.333. The molecule has 4 heteroatoms. The van der Waals surface area contributed by atoms with Gasteiger partial charge in [0.25, 0.3) is 10.1 Å². The highest BCUT2D eigenvalue weighted by atomic mass is 32.2. The molecular formula is C10H18O3S. The molecule has 1 aliphatic carbocycles. The van der Waals surface area contributed by atoms with Crippen molar-refractivity contribution in [2.45, 2.75) is 38.9 Å². The summed E-state index contributed by atoms with van der Waals surface area (Å²) < 4.78 is 31.4. The van der Waals surface area contributed by atoms with Gasteiger partial charge >= 0.3 is 0 Å². The molecule has 2 atom stereocenters. The van der Waals surface area contributed by atoms with Crippen LogP contribution in [-0.4, -0.2) is 18.2 Å². The van der Waals surface area contributed by atoms with Crippen molar-refractivity contribution in [1.82, 2.24) is 0 Å². The van der Waals surface area contributed by atoms with Crippen molar-refractivity contribution in [3.8, 4) is 0 Å². The molecule has 3 nitrogen and oxygen atoms in total. The molecule has 0 heterocycles. The molecule has 0 aromatic rings. The summed E-state index contributed by atoms with van der Waals surface area (Å²) in [5.41, 5.74) is 1.06. The first-order valence-corrected chi connectivity index (χ1v) is 6.46. The topological polar surface area (TPSA) is 54.4 Å². The molecule has 82 valence electrons. The van der Waals surface area contributed by atoms with E-state index < -0.39 is 15.4 Å². The van der Waals surface area contributed by atoms with Crippen LogP contribution in [0.4, 0.5) is 0 Å². The average molecular weight is 218 g/mol. The molecule has 1 aliphatic rings. The minimum atomic E-state index is -3.93. The molecule has 2 unspecified atom stereocenters. The third-order valence-electron chi connectivity index (χ3n) is 2.94. The zero-order valence-electron chi connectivity index (χ0n) is 8.90. The van der Waals surface area contributed by atoms with Gasteiger partial charge in [0.15, 0.2) is 0 Å². The SMILES string of the molecule is CC1=CC(S(=O)(=O)O)C(C(C)C)CC1. The van der Waals surface area contributed by atoms with Gasteiger partial charge in [-0.3, -0.25) is 4.55 Å². The Hall–Kier alpha value is -0.350. The Morgan fingerprint density at radius 1 is 1.50 bits per heavy atom. The second-order valence-corrected chi connectivity index (χ2v) is 6.01. The zero-order valence-corrected chi connectivity index (χ0v) is 9.71. The largest absolute Gasteiger partial charge is 0.285 e. The van der Waals surface area contributed by atoms with E-state index in [9.17, 15) is 8.42 Å². The Morgan fingerprint density at radius 3 is 2.50 bits per heavy atom. The number of allylic oxidation sites excluding steroid dienone is 1. The smallest absolute Gasteiger partial charge is 0.271 e. The fourth-order valence-corrected chi connectivity index (χ4v) is 3.36. The van der Waals surface area contributed by atoms with Crippen LogP contribution in [0, 0.1) is 11.8 Å². The van der Waals surface area contributed by atoms with Crippen molar-refractivity contribution >= 4 is 10.1 Å². The van der Waals surface area contributed by atoms with E-state index in [0.717, 1.165) is 18.4 Å². The highest BCUT2D eigenvalue weighted by Gasteiger charge is 2.34. The summed E-state index contributed by atoms with van der Waals surface area (Å²) in [4.78, 5) is 0. The van der Waals surface area contributed by atoms with Gasteiger partial charge in [0.2, 0.25) is 0 Å². The normalized spacial score (nSPS) is 29.1. The Kier molecular flexibility index (Phi) is 3.37. The van der Waals surface area contributed by atoms with Gasteiger partial charge in [-0.1, -0.05) is 25.5 Å². The lowest BCUT2D eigenvalue weighted by molar-refractivity contribution is 0.335. The molecule has 0 aliphatic heterocycles. The Labute approximate surface area is 86.0 Å². The maximum Gasteiger partial charge on any atom is 0.271 e. The summed E-state index contributed by atoms with van der Waals surface area (Å²) in [6.07, 6.45) is 3.49. The molecule has 1 rings (SSSR count). The van der Waals surface area contributed by atoms with Crippen LogP contribution in [0.15, 0.2) is 11.6 Å². The Morgan fingerprint density at radius 2 is 2.07 bits per heavy atom. The van der Waals surface area contributed by atoms with E-state index in [4.69, 9.17) is 4.55 Å². The lowest BCUT2D eigenvalue weighted by Gasteiger charge is -2.30. The van der Waals surface area contributed by atoms with Gasteiger partial charge < -0.3 is 0 Å². The predicted octanol–water partition coefficient (Wildman–Crippen LogP) is 2.26. The summed E-state index contributed by atoms with van der Waals surface area (Å²) in [6.45, 7) is 5.91. The summed E-state index contributed by atoms with van der Waals surface area (Å²) in [5, 5.41) is -0.698. The second kappa shape index (κ2) is 4.03. The van der Waals surface area contributed by atoms with Gasteiger partial charge in [-0.2, -0.15) is 8.42 Å². The minimum absolute atomic E-state index is 0.0497. The lowest BCUT2D eigenvalue weighted by Crippen LogP contribution is -2.33. The van der Waals surface area contributed by atoms with E-state index in [-0.39, 0.29) is 11.8 Å². The number of hydrogen-bond acceptors (Lipinski definition) is 2. The van der Waals surface area contributed by atoms with Gasteiger partial charge in [0, 0.05) is 0 Å². The molecule has 0 saturated heterocycles. The Bertz CT molecular complexity index is 327. The van der Waals surface area contributed by atoms with E-state index in [2.05, 4.69) is 0 Å². The van der Waals surface area contributed by atoms with Crippen LogP contribution in [0.25, 0.3) is 0 Å². The highest BCUT2D eigenvalue weighted by Crippen LogP contribution is 2.32. The van der Waals surface area contributed by atoms with Crippen molar-refractivity contribution < 1.29 is 13.0 Å².